The second-order valence-corrected chi connectivity index (χ2v) is 8.07. The van der Waals surface area contributed by atoms with Gasteiger partial charge in [-0.05, 0) is 18.6 Å². The fourth-order valence-electron chi connectivity index (χ4n) is 3.00. The Morgan fingerprint density at radius 3 is 2.91 bits per heavy atom. The van der Waals surface area contributed by atoms with E-state index in [1.54, 1.807) is 24.9 Å². The molecule has 2 aromatic rings. The standard InChI is InChI=1S/C15H21N3O4S/c19-15-11-23(20,21)10-14(15)18(9-13-3-1-8-22-13)6-2-5-17-7-4-16-12-17/h1,3-4,7-8,12,14-15,19H,2,5-6,9-11H2. The van der Waals surface area contributed by atoms with Gasteiger partial charge in [-0.2, -0.15) is 0 Å². The highest BCUT2D eigenvalue weighted by atomic mass is 32.2. The van der Waals surface area contributed by atoms with Crippen molar-refractivity contribution in [2.24, 2.45) is 0 Å². The van der Waals surface area contributed by atoms with Crippen LogP contribution in [0.4, 0.5) is 0 Å². The number of aliphatic hydroxyl groups excluding tert-OH is 1. The van der Waals surface area contributed by atoms with Crippen molar-refractivity contribution in [3.63, 3.8) is 0 Å². The molecule has 0 spiro atoms. The van der Waals surface area contributed by atoms with E-state index in [0.717, 1.165) is 18.7 Å². The molecule has 0 aromatic carbocycles. The number of rotatable bonds is 7. The minimum Gasteiger partial charge on any atom is -0.468 e. The topological polar surface area (TPSA) is 88.6 Å². The summed E-state index contributed by atoms with van der Waals surface area (Å²) in [6.07, 6.45) is 6.97. The minimum absolute atomic E-state index is 0.0000490. The van der Waals surface area contributed by atoms with Gasteiger partial charge in [-0.1, -0.05) is 0 Å². The first-order chi connectivity index (χ1) is 11.0. The van der Waals surface area contributed by atoms with Gasteiger partial charge in [0.1, 0.15) is 5.76 Å². The molecule has 1 aliphatic heterocycles. The Morgan fingerprint density at radius 2 is 2.30 bits per heavy atom. The van der Waals surface area contributed by atoms with Gasteiger partial charge in [0.15, 0.2) is 9.84 Å². The molecule has 1 N–H and O–H groups in total. The fraction of sp³-hybridized carbons (Fsp3) is 0.533. The van der Waals surface area contributed by atoms with E-state index in [4.69, 9.17) is 4.42 Å². The first-order valence-electron chi connectivity index (χ1n) is 7.64. The van der Waals surface area contributed by atoms with Crippen LogP contribution in [0.1, 0.15) is 12.2 Å². The predicted octanol–water partition coefficient (Wildman–Crippen LogP) is 0.526. The molecule has 23 heavy (non-hydrogen) atoms. The molecule has 2 aromatic heterocycles. The van der Waals surface area contributed by atoms with E-state index in [9.17, 15) is 13.5 Å². The third-order valence-corrected chi connectivity index (χ3v) is 5.82. The first kappa shape index (κ1) is 16.2. The number of nitrogens with zero attached hydrogens (tertiary/aromatic N) is 3. The van der Waals surface area contributed by atoms with Crippen LogP contribution in [-0.2, 0) is 22.9 Å². The molecule has 1 fully saturated rings. The lowest BCUT2D eigenvalue weighted by atomic mass is 10.1. The van der Waals surface area contributed by atoms with Gasteiger partial charge in [-0.3, -0.25) is 4.90 Å². The number of imidazole rings is 1. The van der Waals surface area contributed by atoms with E-state index in [1.807, 2.05) is 21.7 Å². The average molecular weight is 339 g/mol. The molecule has 0 amide bonds. The van der Waals surface area contributed by atoms with Gasteiger partial charge in [-0.25, -0.2) is 13.4 Å². The van der Waals surface area contributed by atoms with E-state index >= 15 is 0 Å². The zero-order valence-electron chi connectivity index (χ0n) is 12.8. The SMILES string of the molecule is O=S1(=O)CC(O)C(N(CCCn2ccnc2)Cc2ccco2)C1. The van der Waals surface area contributed by atoms with E-state index in [2.05, 4.69) is 4.98 Å². The molecular weight excluding hydrogens is 318 g/mol. The summed E-state index contributed by atoms with van der Waals surface area (Å²) in [5.74, 6) is 0.609. The van der Waals surface area contributed by atoms with Crippen molar-refractivity contribution in [1.29, 1.82) is 0 Å². The van der Waals surface area contributed by atoms with Crippen LogP contribution < -0.4 is 0 Å². The van der Waals surface area contributed by atoms with Crippen molar-refractivity contribution >= 4 is 9.84 Å². The number of hydrogen-bond acceptors (Lipinski definition) is 6. The molecule has 3 rings (SSSR count). The van der Waals surface area contributed by atoms with E-state index < -0.39 is 15.9 Å². The van der Waals surface area contributed by atoms with Gasteiger partial charge in [0.2, 0.25) is 0 Å². The molecule has 1 saturated heterocycles. The van der Waals surface area contributed by atoms with Crippen molar-refractivity contribution in [3.05, 3.63) is 42.9 Å². The lowest BCUT2D eigenvalue weighted by Crippen LogP contribution is -2.43. The van der Waals surface area contributed by atoms with Gasteiger partial charge in [0.25, 0.3) is 0 Å². The Labute approximate surface area is 135 Å². The second kappa shape index (κ2) is 6.86. The van der Waals surface area contributed by atoms with Gasteiger partial charge >= 0.3 is 0 Å². The summed E-state index contributed by atoms with van der Waals surface area (Å²) in [7, 11) is -3.17. The molecule has 0 bridgehead atoms. The lowest BCUT2D eigenvalue weighted by Gasteiger charge is -2.29. The van der Waals surface area contributed by atoms with Crippen molar-refractivity contribution < 1.29 is 17.9 Å². The molecule has 2 unspecified atom stereocenters. The van der Waals surface area contributed by atoms with Crippen LogP contribution in [0.15, 0.2) is 41.5 Å². The van der Waals surface area contributed by atoms with Crippen molar-refractivity contribution in [3.8, 4) is 0 Å². The number of sulfone groups is 1. The lowest BCUT2D eigenvalue weighted by molar-refractivity contribution is 0.0720. The average Bonchev–Trinajstić information content (AvgIpc) is 3.19. The van der Waals surface area contributed by atoms with Crippen molar-refractivity contribution in [2.75, 3.05) is 18.1 Å². The van der Waals surface area contributed by atoms with Crippen LogP contribution in [0, 0.1) is 0 Å². The van der Waals surface area contributed by atoms with E-state index in [-0.39, 0.29) is 17.5 Å². The maximum Gasteiger partial charge on any atom is 0.154 e. The highest BCUT2D eigenvalue weighted by Crippen LogP contribution is 2.21. The second-order valence-electron chi connectivity index (χ2n) is 5.92. The molecule has 7 nitrogen and oxygen atoms in total. The highest BCUT2D eigenvalue weighted by molar-refractivity contribution is 7.91. The van der Waals surface area contributed by atoms with Crippen LogP contribution in [-0.4, -0.2) is 58.2 Å². The van der Waals surface area contributed by atoms with Gasteiger partial charge < -0.3 is 14.1 Å². The smallest absolute Gasteiger partial charge is 0.154 e. The Bertz CT molecular complexity index is 697. The largest absolute Gasteiger partial charge is 0.468 e. The molecule has 1 aliphatic rings. The fourth-order valence-corrected chi connectivity index (χ4v) is 4.83. The number of aryl methyl sites for hydroxylation is 1. The summed E-state index contributed by atoms with van der Waals surface area (Å²) >= 11 is 0. The summed E-state index contributed by atoms with van der Waals surface area (Å²) in [5.41, 5.74) is 0. The number of aliphatic hydroxyl groups is 1. The predicted molar refractivity (Wildman–Crippen MR) is 84.4 cm³/mol. The Kier molecular flexibility index (Phi) is 4.84. The molecule has 126 valence electrons. The monoisotopic (exact) mass is 339 g/mol. The number of aromatic nitrogens is 2. The third-order valence-electron chi connectivity index (χ3n) is 4.12. The Balaban J connectivity index is 1.66. The van der Waals surface area contributed by atoms with Crippen LogP contribution in [0.2, 0.25) is 0 Å². The van der Waals surface area contributed by atoms with Crippen LogP contribution in [0.3, 0.4) is 0 Å². The zero-order chi connectivity index (χ0) is 16.3. The van der Waals surface area contributed by atoms with Crippen LogP contribution in [0.25, 0.3) is 0 Å². The summed E-state index contributed by atoms with van der Waals surface area (Å²) in [6, 6.07) is 3.28. The molecule has 0 aliphatic carbocycles. The summed E-state index contributed by atoms with van der Waals surface area (Å²) in [6.45, 7) is 1.97. The van der Waals surface area contributed by atoms with Gasteiger partial charge in [-0.15, -0.1) is 0 Å². The van der Waals surface area contributed by atoms with Gasteiger partial charge in [0.05, 0.1) is 42.8 Å². The molecule has 0 saturated carbocycles. The van der Waals surface area contributed by atoms with Crippen LogP contribution in [0.5, 0.6) is 0 Å². The molecule has 0 radical (unpaired) electrons. The summed E-state index contributed by atoms with van der Waals surface area (Å²) in [4.78, 5) is 6.01. The summed E-state index contributed by atoms with van der Waals surface area (Å²) < 4.78 is 30.9. The van der Waals surface area contributed by atoms with Crippen LogP contribution >= 0.6 is 0 Å². The zero-order valence-corrected chi connectivity index (χ0v) is 13.6. The molecule has 2 atom stereocenters. The summed E-state index contributed by atoms with van der Waals surface area (Å²) in [5, 5.41) is 10.1. The van der Waals surface area contributed by atoms with E-state index in [0.29, 0.717) is 13.1 Å². The maximum atomic E-state index is 11.8. The third kappa shape index (κ3) is 4.21. The normalized spacial score (nSPS) is 23.6. The van der Waals surface area contributed by atoms with Gasteiger partial charge in [0, 0.05) is 25.5 Å². The minimum atomic E-state index is -3.17. The Morgan fingerprint density at radius 1 is 1.43 bits per heavy atom. The van der Waals surface area contributed by atoms with E-state index in [1.165, 1.54) is 0 Å². The molecule has 8 heteroatoms. The number of furan rings is 1. The number of hydrogen-bond donors (Lipinski definition) is 1. The molecular formula is C15H21N3O4S. The highest BCUT2D eigenvalue weighted by Gasteiger charge is 2.39. The maximum absolute atomic E-state index is 11.8. The first-order valence-corrected chi connectivity index (χ1v) is 9.46. The quantitative estimate of drug-likeness (QED) is 0.791. The Hall–Kier alpha value is -1.64. The van der Waals surface area contributed by atoms with Crippen molar-refractivity contribution in [1.82, 2.24) is 14.5 Å². The molecule has 3 heterocycles. The van der Waals surface area contributed by atoms with Crippen molar-refractivity contribution in [2.45, 2.75) is 31.7 Å².